The van der Waals surface area contributed by atoms with Crippen molar-refractivity contribution in [3.63, 3.8) is 0 Å². The lowest BCUT2D eigenvalue weighted by Crippen LogP contribution is -2.12. The first kappa shape index (κ1) is 13.6. The fourth-order valence-electron chi connectivity index (χ4n) is 2.42. The lowest BCUT2D eigenvalue weighted by Gasteiger charge is -2.08. The Morgan fingerprint density at radius 2 is 2.14 bits per heavy atom. The van der Waals surface area contributed by atoms with Gasteiger partial charge in [0, 0.05) is 17.6 Å². The number of fused-ring (bicyclic) bond motifs is 1. The van der Waals surface area contributed by atoms with E-state index in [4.69, 9.17) is 14.9 Å². The molecule has 3 rings (SSSR count). The van der Waals surface area contributed by atoms with Gasteiger partial charge in [-0.15, -0.1) is 0 Å². The van der Waals surface area contributed by atoms with Crippen LogP contribution in [0.1, 0.15) is 22.9 Å². The number of furan rings is 1. The number of aromatic nitrogens is 1. The van der Waals surface area contributed by atoms with Crippen LogP contribution in [0, 0.1) is 6.92 Å². The van der Waals surface area contributed by atoms with Crippen molar-refractivity contribution < 1.29 is 9.15 Å². The van der Waals surface area contributed by atoms with Crippen LogP contribution in [0.15, 0.2) is 47.0 Å². The predicted octanol–water partition coefficient (Wildman–Crippen LogP) is 3.39. The van der Waals surface area contributed by atoms with Crippen molar-refractivity contribution in [3.8, 4) is 5.88 Å². The standard InChI is InChI=1S/C17H18N2O2/c1-11-4-3-5-13-9-15(21-17(11)13)14(18)8-12-6-7-16(20-2)19-10-12/h3-7,9-10,14H,8,18H2,1-2H3. The zero-order chi connectivity index (χ0) is 14.8. The Kier molecular flexibility index (Phi) is 3.62. The molecule has 21 heavy (non-hydrogen) atoms. The van der Waals surface area contributed by atoms with E-state index >= 15 is 0 Å². The second kappa shape index (κ2) is 5.58. The molecule has 1 aromatic carbocycles. The summed E-state index contributed by atoms with van der Waals surface area (Å²) in [6.45, 7) is 2.04. The summed E-state index contributed by atoms with van der Waals surface area (Å²) in [5.41, 5.74) is 9.35. The van der Waals surface area contributed by atoms with E-state index in [1.807, 2.05) is 43.3 Å². The second-order valence-corrected chi connectivity index (χ2v) is 5.16. The first-order chi connectivity index (χ1) is 10.2. The zero-order valence-electron chi connectivity index (χ0n) is 12.2. The highest BCUT2D eigenvalue weighted by Crippen LogP contribution is 2.27. The molecule has 4 heteroatoms. The first-order valence-corrected chi connectivity index (χ1v) is 6.91. The van der Waals surface area contributed by atoms with Gasteiger partial charge in [-0.2, -0.15) is 0 Å². The number of methoxy groups -OCH3 is 1. The molecule has 0 aliphatic heterocycles. The van der Waals surface area contributed by atoms with Crippen LogP contribution < -0.4 is 10.5 Å². The van der Waals surface area contributed by atoms with Crippen molar-refractivity contribution in [3.05, 3.63) is 59.5 Å². The summed E-state index contributed by atoms with van der Waals surface area (Å²) < 4.78 is 11.0. The Hall–Kier alpha value is -2.33. The smallest absolute Gasteiger partial charge is 0.212 e. The number of benzene rings is 1. The Labute approximate surface area is 123 Å². The van der Waals surface area contributed by atoms with Gasteiger partial charge in [0.25, 0.3) is 0 Å². The number of nitrogens with two attached hydrogens (primary N) is 1. The molecule has 0 aliphatic rings. The summed E-state index contributed by atoms with van der Waals surface area (Å²) in [4.78, 5) is 4.19. The van der Waals surface area contributed by atoms with Gasteiger partial charge in [-0.25, -0.2) is 4.98 Å². The number of para-hydroxylation sites is 1. The zero-order valence-corrected chi connectivity index (χ0v) is 12.2. The molecule has 2 N–H and O–H groups in total. The molecule has 0 radical (unpaired) electrons. The Balaban J connectivity index is 1.82. The first-order valence-electron chi connectivity index (χ1n) is 6.91. The molecule has 2 aromatic heterocycles. The highest BCUT2D eigenvalue weighted by Gasteiger charge is 2.14. The van der Waals surface area contributed by atoms with Crippen molar-refractivity contribution >= 4 is 11.0 Å². The fourth-order valence-corrected chi connectivity index (χ4v) is 2.42. The molecule has 1 unspecified atom stereocenters. The van der Waals surface area contributed by atoms with Gasteiger partial charge in [0.15, 0.2) is 0 Å². The summed E-state index contributed by atoms with van der Waals surface area (Å²) in [6, 6.07) is 11.7. The van der Waals surface area contributed by atoms with Gasteiger partial charge in [-0.1, -0.05) is 24.3 Å². The van der Waals surface area contributed by atoms with Crippen LogP contribution in [-0.4, -0.2) is 12.1 Å². The lowest BCUT2D eigenvalue weighted by molar-refractivity contribution is 0.397. The van der Waals surface area contributed by atoms with E-state index in [1.54, 1.807) is 13.3 Å². The fraction of sp³-hybridized carbons (Fsp3) is 0.235. The van der Waals surface area contributed by atoms with Crippen molar-refractivity contribution in [2.24, 2.45) is 5.73 Å². The van der Waals surface area contributed by atoms with E-state index in [0.717, 1.165) is 27.9 Å². The quantitative estimate of drug-likeness (QED) is 0.796. The average Bonchev–Trinajstić information content (AvgIpc) is 2.94. The molecule has 0 saturated carbocycles. The van der Waals surface area contributed by atoms with Gasteiger partial charge in [-0.05, 0) is 30.5 Å². The van der Waals surface area contributed by atoms with Crippen LogP contribution in [0.2, 0.25) is 0 Å². The van der Waals surface area contributed by atoms with Gasteiger partial charge < -0.3 is 14.9 Å². The third kappa shape index (κ3) is 2.76. The van der Waals surface area contributed by atoms with E-state index in [2.05, 4.69) is 4.98 Å². The van der Waals surface area contributed by atoms with Crippen LogP contribution in [0.3, 0.4) is 0 Å². The summed E-state index contributed by atoms with van der Waals surface area (Å²) in [5, 5.41) is 1.09. The maximum absolute atomic E-state index is 6.26. The van der Waals surface area contributed by atoms with Crippen molar-refractivity contribution in [1.82, 2.24) is 4.98 Å². The predicted molar refractivity (Wildman–Crippen MR) is 82.4 cm³/mol. The minimum Gasteiger partial charge on any atom is -0.481 e. The van der Waals surface area contributed by atoms with Crippen molar-refractivity contribution in [1.29, 1.82) is 0 Å². The van der Waals surface area contributed by atoms with E-state index in [1.165, 1.54) is 0 Å². The number of hydrogen-bond donors (Lipinski definition) is 1. The summed E-state index contributed by atoms with van der Waals surface area (Å²) in [6.07, 6.45) is 2.46. The molecule has 1 atom stereocenters. The van der Waals surface area contributed by atoms with Gasteiger partial charge in [-0.3, -0.25) is 0 Å². The number of hydrogen-bond acceptors (Lipinski definition) is 4. The Morgan fingerprint density at radius 1 is 1.29 bits per heavy atom. The SMILES string of the molecule is COc1ccc(CC(N)c2cc3cccc(C)c3o2)cn1. The molecular formula is C17H18N2O2. The van der Waals surface area contributed by atoms with Crippen molar-refractivity contribution in [2.45, 2.75) is 19.4 Å². The summed E-state index contributed by atoms with van der Waals surface area (Å²) >= 11 is 0. The van der Waals surface area contributed by atoms with E-state index in [-0.39, 0.29) is 6.04 Å². The minimum atomic E-state index is -0.188. The van der Waals surface area contributed by atoms with Gasteiger partial charge in [0.05, 0.1) is 13.2 Å². The van der Waals surface area contributed by atoms with Crippen LogP contribution in [0.5, 0.6) is 5.88 Å². The lowest BCUT2D eigenvalue weighted by atomic mass is 10.1. The van der Waals surface area contributed by atoms with Gasteiger partial charge >= 0.3 is 0 Å². The maximum atomic E-state index is 6.26. The molecule has 0 amide bonds. The van der Waals surface area contributed by atoms with Gasteiger partial charge in [0.1, 0.15) is 11.3 Å². The number of nitrogens with zero attached hydrogens (tertiary/aromatic N) is 1. The number of rotatable bonds is 4. The third-order valence-electron chi connectivity index (χ3n) is 3.59. The number of ether oxygens (including phenoxy) is 1. The molecule has 0 saturated heterocycles. The number of pyridine rings is 1. The maximum Gasteiger partial charge on any atom is 0.212 e. The summed E-state index contributed by atoms with van der Waals surface area (Å²) in [7, 11) is 1.60. The molecule has 0 bridgehead atoms. The monoisotopic (exact) mass is 282 g/mol. The highest BCUT2D eigenvalue weighted by molar-refractivity contribution is 5.81. The Morgan fingerprint density at radius 3 is 2.81 bits per heavy atom. The highest BCUT2D eigenvalue weighted by atomic mass is 16.5. The molecular weight excluding hydrogens is 264 g/mol. The molecule has 2 heterocycles. The van der Waals surface area contributed by atoms with E-state index in [9.17, 15) is 0 Å². The van der Waals surface area contributed by atoms with Gasteiger partial charge in [0.2, 0.25) is 5.88 Å². The largest absolute Gasteiger partial charge is 0.481 e. The molecule has 108 valence electrons. The normalized spacial score (nSPS) is 12.5. The van der Waals surface area contributed by atoms with E-state index in [0.29, 0.717) is 12.3 Å². The molecule has 0 aliphatic carbocycles. The van der Waals surface area contributed by atoms with E-state index < -0.39 is 0 Å². The van der Waals surface area contributed by atoms with Crippen LogP contribution in [0.25, 0.3) is 11.0 Å². The molecule has 0 fully saturated rings. The average molecular weight is 282 g/mol. The minimum absolute atomic E-state index is 0.188. The molecule has 3 aromatic rings. The number of aryl methyl sites for hydroxylation is 1. The summed E-state index contributed by atoms with van der Waals surface area (Å²) in [5.74, 6) is 1.40. The van der Waals surface area contributed by atoms with Crippen LogP contribution in [0.4, 0.5) is 0 Å². The van der Waals surface area contributed by atoms with Crippen LogP contribution >= 0.6 is 0 Å². The molecule has 4 nitrogen and oxygen atoms in total. The third-order valence-corrected chi connectivity index (χ3v) is 3.59. The Bertz CT molecular complexity index is 747. The molecule has 0 spiro atoms. The van der Waals surface area contributed by atoms with Crippen LogP contribution in [-0.2, 0) is 6.42 Å². The topological polar surface area (TPSA) is 61.3 Å². The second-order valence-electron chi connectivity index (χ2n) is 5.16. The van der Waals surface area contributed by atoms with Crippen molar-refractivity contribution in [2.75, 3.05) is 7.11 Å².